The second kappa shape index (κ2) is 7.15. The number of ether oxygens (including phenoxy) is 1. The van der Waals surface area contributed by atoms with E-state index < -0.39 is 0 Å². The monoisotopic (exact) mass is 388 g/mol. The summed E-state index contributed by atoms with van der Waals surface area (Å²) in [6.07, 6.45) is 6.32. The lowest BCUT2D eigenvalue weighted by atomic mass is 9.62. The van der Waals surface area contributed by atoms with E-state index in [1.165, 1.54) is 6.42 Å². The normalized spacial score (nSPS) is 20.7. The highest BCUT2D eigenvalue weighted by atomic mass is 35.5. The van der Waals surface area contributed by atoms with E-state index in [1.807, 2.05) is 11.2 Å². The molecule has 7 heteroatoms. The van der Waals surface area contributed by atoms with Gasteiger partial charge in [0.1, 0.15) is 17.9 Å². The summed E-state index contributed by atoms with van der Waals surface area (Å²) in [4.78, 5) is 15.2. The van der Waals surface area contributed by atoms with E-state index in [0.29, 0.717) is 22.9 Å². The van der Waals surface area contributed by atoms with Crippen LogP contribution >= 0.6 is 11.6 Å². The van der Waals surface area contributed by atoms with Crippen LogP contribution in [0.5, 0.6) is 5.75 Å². The first-order valence-electron chi connectivity index (χ1n) is 9.58. The maximum atomic E-state index is 13.3. The summed E-state index contributed by atoms with van der Waals surface area (Å²) < 4.78 is 7.54. The summed E-state index contributed by atoms with van der Waals surface area (Å²) >= 11 is 6.14. The molecule has 1 aromatic heterocycles. The van der Waals surface area contributed by atoms with E-state index in [0.717, 1.165) is 38.2 Å². The standard InChI is InChI=1S/C20H25ClN4O2/c1-3-9-24-13-22-23-18(24)16-11-25(12-20(16)7-4-8-20)19(26)15-10-14(21)5-6-17(15)27-2/h5-6,10,13,16H,3-4,7-9,11-12H2,1-2H3. The van der Waals surface area contributed by atoms with Crippen molar-refractivity contribution in [3.63, 3.8) is 0 Å². The van der Waals surface area contributed by atoms with Gasteiger partial charge in [-0.15, -0.1) is 10.2 Å². The van der Waals surface area contributed by atoms with Crippen LogP contribution in [0.2, 0.25) is 5.02 Å². The summed E-state index contributed by atoms with van der Waals surface area (Å²) in [6, 6.07) is 5.19. The molecule has 1 saturated heterocycles. The number of hydrogen-bond donors (Lipinski definition) is 0. The Labute approximate surface area is 164 Å². The van der Waals surface area contributed by atoms with Crippen molar-refractivity contribution in [3.8, 4) is 5.75 Å². The lowest BCUT2D eigenvalue weighted by Crippen LogP contribution is -2.38. The molecule has 0 N–H and O–H groups in total. The second-order valence-corrected chi connectivity index (χ2v) is 8.12. The van der Waals surface area contributed by atoms with Crippen LogP contribution in [0.3, 0.4) is 0 Å². The number of carbonyl (C=O) groups is 1. The Hall–Kier alpha value is -2.08. The number of aromatic nitrogens is 3. The molecule has 0 bridgehead atoms. The number of aryl methyl sites for hydroxylation is 1. The molecule has 1 saturated carbocycles. The summed E-state index contributed by atoms with van der Waals surface area (Å²) in [5.41, 5.74) is 0.648. The van der Waals surface area contributed by atoms with Gasteiger partial charge in [0.15, 0.2) is 0 Å². The van der Waals surface area contributed by atoms with Gasteiger partial charge in [-0.3, -0.25) is 4.79 Å². The van der Waals surface area contributed by atoms with Crippen molar-refractivity contribution in [1.29, 1.82) is 0 Å². The minimum absolute atomic E-state index is 0.0234. The van der Waals surface area contributed by atoms with Crippen molar-refractivity contribution in [2.24, 2.45) is 5.41 Å². The fourth-order valence-corrected chi connectivity index (χ4v) is 4.75. The molecule has 1 spiro atoms. The Bertz CT molecular complexity index is 846. The summed E-state index contributed by atoms with van der Waals surface area (Å²) in [7, 11) is 1.58. The Morgan fingerprint density at radius 1 is 1.41 bits per heavy atom. The molecular formula is C20H25ClN4O2. The zero-order valence-corrected chi connectivity index (χ0v) is 16.6. The molecule has 27 heavy (non-hydrogen) atoms. The molecular weight excluding hydrogens is 364 g/mol. The third-order valence-corrected chi connectivity index (χ3v) is 6.33. The molecule has 1 unspecified atom stereocenters. The van der Waals surface area contributed by atoms with Crippen molar-refractivity contribution in [3.05, 3.63) is 40.9 Å². The van der Waals surface area contributed by atoms with E-state index in [2.05, 4.69) is 21.7 Å². The molecule has 1 aliphatic heterocycles. The van der Waals surface area contributed by atoms with Gasteiger partial charge in [-0.2, -0.15) is 0 Å². The average molecular weight is 389 g/mol. The van der Waals surface area contributed by atoms with Gasteiger partial charge in [0.2, 0.25) is 0 Å². The smallest absolute Gasteiger partial charge is 0.257 e. The molecule has 2 fully saturated rings. The second-order valence-electron chi connectivity index (χ2n) is 7.68. The van der Waals surface area contributed by atoms with Crippen LogP contribution in [0.1, 0.15) is 54.7 Å². The van der Waals surface area contributed by atoms with Gasteiger partial charge in [-0.1, -0.05) is 24.9 Å². The maximum Gasteiger partial charge on any atom is 0.257 e. The number of halogens is 1. The fourth-order valence-electron chi connectivity index (χ4n) is 4.58. The quantitative estimate of drug-likeness (QED) is 0.782. The predicted molar refractivity (Wildman–Crippen MR) is 103 cm³/mol. The van der Waals surface area contributed by atoms with Gasteiger partial charge in [-0.05, 0) is 42.9 Å². The van der Waals surface area contributed by atoms with Gasteiger partial charge in [0, 0.05) is 30.6 Å². The van der Waals surface area contributed by atoms with Gasteiger partial charge in [0.25, 0.3) is 5.91 Å². The lowest BCUT2D eigenvalue weighted by Gasteiger charge is -2.42. The highest BCUT2D eigenvalue weighted by Crippen LogP contribution is 2.55. The van der Waals surface area contributed by atoms with E-state index >= 15 is 0 Å². The van der Waals surface area contributed by atoms with Crippen molar-refractivity contribution in [2.45, 2.75) is 45.1 Å². The number of nitrogens with zero attached hydrogens (tertiary/aromatic N) is 4. The Balaban J connectivity index is 1.64. The molecule has 2 aliphatic rings. The highest BCUT2D eigenvalue weighted by Gasteiger charge is 2.53. The molecule has 0 radical (unpaired) electrons. The zero-order chi connectivity index (χ0) is 19.0. The van der Waals surface area contributed by atoms with Crippen molar-refractivity contribution >= 4 is 17.5 Å². The van der Waals surface area contributed by atoms with Crippen molar-refractivity contribution in [1.82, 2.24) is 19.7 Å². The Kier molecular flexibility index (Phi) is 4.84. The average Bonchev–Trinajstić information content (AvgIpc) is 3.25. The first kappa shape index (κ1) is 18.3. The fraction of sp³-hybridized carbons (Fsp3) is 0.550. The van der Waals surface area contributed by atoms with Crippen molar-refractivity contribution in [2.75, 3.05) is 20.2 Å². The lowest BCUT2D eigenvalue weighted by molar-refractivity contribution is 0.0720. The number of benzene rings is 1. The van der Waals surface area contributed by atoms with Crippen LogP contribution in [0.15, 0.2) is 24.5 Å². The molecule has 4 rings (SSSR count). The zero-order valence-electron chi connectivity index (χ0n) is 15.8. The van der Waals surface area contributed by atoms with Crippen LogP contribution < -0.4 is 4.74 Å². The molecule has 1 atom stereocenters. The van der Waals surface area contributed by atoms with Crippen LogP contribution in [0.25, 0.3) is 0 Å². The molecule has 2 aromatic rings. The summed E-state index contributed by atoms with van der Waals surface area (Å²) in [5, 5.41) is 9.12. The molecule has 1 aromatic carbocycles. The third-order valence-electron chi connectivity index (χ3n) is 6.10. The van der Waals surface area contributed by atoms with Gasteiger partial charge < -0.3 is 14.2 Å². The highest BCUT2D eigenvalue weighted by molar-refractivity contribution is 6.31. The molecule has 1 aliphatic carbocycles. The van der Waals surface area contributed by atoms with Crippen LogP contribution in [0, 0.1) is 5.41 Å². The molecule has 144 valence electrons. The van der Waals surface area contributed by atoms with Crippen LogP contribution in [0.4, 0.5) is 0 Å². The number of amides is 1. The summed E-state index contributed by atoms with van der Waals surface area (Å²) in [5.74, 6) is 1.79. The van der Waals surface area contributed by atoms with E-state index in [9.17, 15) is 4.79 Å². The van der Waals surface area contributed by atoms with Gasteiger partial charge >= 0.3 is 0 Å². The number of methoxy groups -OCH3 is 1. The minimum atomic E-state index is -0.0234. The predicted octanol–water partition coefficient (Wildman–Crippen LogP) is 3.76. The van der Waals surface area contributed by atoms with E-state index in [-0.39, 0.29) is 17.2 Å². The van der Waals surface area contributed by atoms with Crippen LogP contribution in [-0.4, -0.2) is 45.8 Å². The SMILES string of the molecule is CCCn1cnnc1C1CN(C(=O)c2cc(Cl)ccc2OC)CC12CCC2. The molecule has 1 amide bonds. The Morgan fingerprint density at radius 2 is 2.22 bits per heavy atom. The number of likely N-dealkylation sites (tertiary alicyclic amines) is 1. The minimum Gasteiger partial charge on any atom is -0.496 e. The topological polar surface area (TPSA) is 60.2 Å². The first-order valence-corrected chi connectivity index (χ1v) is 9.96. The largest absolute Gasteiger partial charge is 0.496 e. The van der Waals surface area contributed by atoms with Crippen LogP contribution in [-0.2, 0) is 6.54 Å². The van der Waals surface area contributed by atoms with E-state index in [4.69, 9.17) is 16.3 Å². The number of hydrogen-bond acceptors (Lipinski definition) is 4. The molecule has 2 heterocycles. The van der Waals surface area contributed by atoms with Gasteiger partial charge in [-0.25, -0.2) is 0 Å². The maximum absolute atomic E-state index is 13.3. The van der Waals surface area contributed by atoms with E-state index in [1.54, 1.807) is 25.3 Å². The number of carbonyl (C=O) groups excluding carboxylic acids is 1. The third kappa shape index (κ3) is 3.10. The Morgan fingerprint density at radius 3 is 2.89 bits per heavy atom. The van der Waals surface area contributed by atoms with Gasteiger partial charge in [0.05, 0.1) is 12.7 Å². The van der Waals surface area contributed by atoms with Crippen molar-refractivity contribution < 1.29 is 9.53 Å². The summed E-state index contributed by atoms with van der Waals surface area (Å²) in [6.45, 7) is 4.48. The molecule has 6 nitrogen and oxygen atoms in total. The first-order chi connectivity index (χ1) is 13.1. The number of rotatable bonds is 5.